The minimum atomic E-state index is 0.113. The first-order valence-electron chi connectivity index (χ1n) is 8.71. The number of thiophene rings is 1. The molecule has 3 heterocycles. The Labute approximate surface area is 142 Å². The molecule has 0 atom stereocenters. The average Bonchev–Trinajstić information content (AvgIpc) is 2.93. The summed E-state index contributed by atoms with van der Waals surface area (Å²) in [5, 5.41) is 0. The summed E-state index contributed by atoms with van der Waals surface area (Å²) in [5.74, 6) is 0.567. The number of hydrogen-bond acceptors (Lipinski definition) is 3. The lowest BCUT2D eigenvalue weighted by molar-refractivity contribution is -0.137. The van der Waals surface area contributed by atoms with Gasteiger partial charge in [-0.15, -0.1) is 11.3 Å². The summed E-state index contributed by atoms with van der Waals surface area (Å²) in [4.78, 5) is 31.5. The van der Waals surface area contributed by atoms with E-state index in [1.165, 1.54) is 11.3 Å². The quantitative estimate of drug-likeness (QED) is 0.833. The Morgan fingerprint density at radius 1 is 1.00 bits per heavy atom. The number of likely N-dealkylation sites (tertiary alicyclic amines) is 2. The third kappa shape index (κ3) is 3.60. The molecule has 0 aliphatic carbocycles. The fourth-order valence-corrected chi connectivity index (χ4v) is 4.63. The van der Waals surface area contributed by atoms with Crippen LogP contribution in [0.3, 0.4) is 0 Å². The molecule has 0 radical (unpaired) electrons. The van der Waals surface area contributed by atoms with Gasteiger partial charge in [-0.1, -0.05) is 0 Å². The van der Waals surface area contributed by atoms with Crippen molar-refractivity contribution in [3.63, 3.8) is 0 Å². The standard InChI is InChI=1S/C18H26N2O2S/c1-13-12-16(14(2)23-13)18(22)20-10-6-15(7-11-20)17(21)19-8-4-3-5-9-19/h12,15H,3-11H2,1-2H3. The molecule has 0 bridgehead atoms. The molecule has 2 amide bonds. The molecule has 2 aliphatic heterocycles. The van der Waals surface area contributed by atoms with Gasteiger partial charge < -0.3 is 9.80 Å². The van der Waals surface area contributed by atoms with Crippen LogP contribution in [-0.2, 0) is 4.79 Å². The van der Waals surface area contributed by atoms with E-state index >= 15 is 0 Å². The molecule has 2 saturated heterocycles. The van der Waals surface area contributed by atoms with Crippen LogP contribution in [0.25, 0.3) is 0 Å². The third-order valence-electron chi connectivity index (χ3n) is 5.07. The number of carbonyl (C=O) groups excluding carboxylic acids is 2. The summed E-state index contributed by atoms with van der Waals surface area (Å²) < 4.78 is 0. The summed E-state index contributed by atoms with van der Waals surface area (Å²) in [7, 11) is 0. The first kappa shape index (κ1) is 16.5. The summed E-state index contributed by atoms with van der Waals surface area (Å²) >= 11 is 1.68. The number of hydrogen-bond donors (Lipinski definition) is 0. The summed E-state index contributed by atoms with van der Waals surface area (Å²) in [6.45, 7) is 7.31. The van der Waals surface area contributed by atoms with E-state index in [1.54, 1.807) is 11.3 Å². The molecule has 1 aromatic heterocycles. The second-order valence-corrected chi connectivity index (χ2v) is 8.24. The minimum absolute atomic E-state index is 0.113. The van der Waals surface area contributed by atoms with Gasteiger partial charge in [0.2, 0.25) is 5.91 Å². The molecule has 0 N–H and O–H groups in total. The Morgan fingerprint density at radius 2 is 1.65 bits per heavy atom. The Morgan fingerprint density at radius 3 is 2.22 bits per heavy atom. The Balaban J connectivity index is 1.56. The number of amides is 2. The van der Waals surface area contributed by atoms with Crippen LogP contribution in [0.5, 0.6) is 0 Å². The first-order valence-corrected chi connectivity index (χ1v) is 9.53. The fraction of sp³-hybridized carbons (Fsp3) is 0.667. The SMILES string of the molecule is Cc1cc(C(=O)N2CCC(C(=O)N3CCCCC3)CC2)c(C)s1. The van der Waals surface area contributed by atoms with Gasteiger partial charge in [0.25, 0.3) is 5.91 Å². The van der Waals surface area contributed by atoms with Gasteiger partial charge in [0.1, 0.15) is 0 Å². The van der Waals surface area contributed by atoms with Gasteiger partial charge in [0.05, 0.1) is 5.56 Å². The summed E-state index contributed by atoms with van der Waals surface area (Å²) in [6, 6.07) is 1.99. The molecule has 0 unspecified atom stereocenters. The molecule has 126 valence electrons. The monoisotopic (exact) mass is 334 g/mol. The zero-order chi connectivity index (χ0) is 16.4. The molecule has 2 fully saturated rings. The van der Waals surface area contributed by atoms with Gasteiger partial charge in [-0.05, 0) is 52.0 Å². The van der Waals surface area contributed by atoms with Crippen LogP contribution in [0.4, 0.5) is 0 Å². The lowest BCUT2D eigenvalue weighted by Gasteiger charge is -2.35. The van der Waals surface area contributed by atoms with E-state index in [2.05, 4.69) is 0 Å². The minimum Gasteiger partial charge on any atom is -0.342 e. The number of rotatable bonds is 2. The largest absolute Gasteiger partial charge is 0.342 e. The highest BCUT2D eigenvalue weighted by Gasteiger charge is 2.31. The van der Waals surface area contributed by atoms with Crippen molar-refractivity contribution in [3.05, 3.63) is 21.4 Å². The molecule has 3 rings (SSSR count). The molecule has 1 aromatic rings. The predicted octanol–water partition coefficient (Wildman–Crippen LogP) is 3.23. The second-order valence-electron chi connectivity index (χ2n) is 6.78. The highest BCUT2D eigenvalue weighted by molar-refractivity contribution is 7.12. The van der Waals surface area contributed by atoms with Gasteiger partial charge in [-0.25, -0.2) is 0 Å². The van der Waals surface area contributed by atoms with Crippen molar-refractivity contribution in [2.24, 2.45) is 5.92 Å². The van der Waals surface area contributed by atoms with E-state index in [1.807, 2.05) is 29.7 Å². The average molecular weight is 334 g/mol. The second kappa shape index (κ2) is 7.04. The zero-order valence-corrected chi connectivity index (χ0v) is 15.0. The number of aryl methyl sites for hydroxylation is 2. The Bertz CT molecular complexity index is 582. The third-order valence-corrected chi connectivity index (χ3v) is 6.04. The molecule has 0 aromatic carbocycles. The normalized spacial score (nSPS) is 19.9. The van der Waals surface area contributed by atoms with Gasteiger partial charge in [-0.3, -0.25) is 9.59 Å². The topological polar surface area (TPSA) is 40.6 Å². The van der Waals surface area contributed by atoms with Crippen LogP contribution >= 0.6 is 11.3 Å². The van der Waals surface area contributed by atoms with Crippen LogP contribution in [0.15, 0.2) is 6.07 Å². The van der Waals surface area contributed by atoms with Crippen molar-refractivity contribution in [1.29, 1.82) is 0 Å². The Hall–Kier alpha value is -1.36. The molecule has 0 saturated carbocycles. The maximum atomic E-state index is 12.6. The molecule has 23 heavy (non-hydrogen) atoms. The van der Waals surface area contributed by atoms with Crippen LogP contribution in [0.2, 0.25) is 0 Å². The molecule has 4 nitrogen and oxygen atoms in total. The van der Waals surface area contributed by atoms with Crippen LogP contribution in [0, 0.1) is 19.8 Å². The lowest BCUT2D eigenvalue weighted by atomic mass is 9.94. The van der Waals surface area contributed by atoms with Crippen LogP contribution in [-0.4, -0.2) is 47.8 Å². The Kier molecular flexibility index (Phi) is 5.05. The maximum absolute atomic E-state index is 12.6. The van der Waals surface area contributed by atoms with E-state index in [4.69, 9.17) is 0 Å². The van der Waals surface area contributed by atoms with E-state index in [9.17, 15) is 9.59 Å². The summed E-state index contributed by atoms with van der Waals surface area (Å²) in [6.07, 6.45) is 5.14. The number of carbonyl (C=O) groups is 2. The predicted molar refractivity (Wildman–Crippen MR) is 92.9 cm³/mol. The van der Waals surface area contributed by atoms with Crippen molar-refractivity contribution >= 4 is 23.2 Å². The van der Waals surface area contributed by atoms with Crippen molar-refractivity contribution < 1.29 is 9.59 Å². The van der Waals surface area contributed by atoms with Crippen molar-refractivity contribution in [2.75, 3.05) is 26.2 Å². The van der Waals surface area contributed by atoms with Gasteiger partial charge in [0.15, 0.2) is 0 Å². The van der Waals surface area contributed by atoms with Gasteiger partial charge in [0, 0.05) is 41.9 Å². The molecule has 0 spiro atoms. The van der Waals surface area contributed by atoms with Crippen molar-refractivity contribution in [3.8, 4) is 0 Å². The first-order chi connectivity index (χ1) is 11.1. The van der Waals surface area contributed by atoms with Crippen molar-refractivity contribution in [1.82, 2.24) is 9.80 Å². The molecular formula is C18H26N2O2S. The number of nitrogens with zero attached hydrogens (tertiary/aromatic N) is 2. The van der Waals surface area contributed by atoms with Crippen LogP contribution < -0.4 is 0 Å². The summed E-state index contributed by atoms with van der Waals surface area (Å²) in [5.41, 5.74) is 0.841. The van der Waals surface area contributed by atoms with E-state index in [0.717, 1.165) is 49.2 Å². The van der Waals surface area contributed by atoms with Crippen molar-refractivity contribution in [2.45, 2.75) is 46.0 Å². The highest BCUT2D eigenvalue weighted by Crippen LogP contribution is 2.26. The smallest absolute Gasteiger partial charge is 0.254 e. The maximum Gasteiger partial charge on any atom is 0.254 e. The highest BCUT2D eigenvalue weighted by atomic mass is 32.1. The van der Waals surface area contributed by atoms with E-state index in [0.29, 0.717) is 19.0 Å². The zero-order valence-electron chi connectivity index (χ0n) is 14.1. The van der Waals surface area contributed by atoms with E-state index in [-0.39, 0.29) is 11.8 Å². The molecule has 5 heteroatoms. The lowest BCUT2D eigenvalue weighted by Crippen LogP contribution is -2.45. The van der Waals surface area contributed by atoms with Gasteiger partial charge in [-0.2, -0.15) is 0 Å². The van der Waals surface area contributed by atoms with Crippen LogP contribution in [0.1, 0.15) is 52.2 Å². The fourth-order valence-electron chi connectivity index (χ4n) is 3.72. The molecule has 2 aliphatic rings. The number of piperidine rings is 2. The molecular weight excluding hydrogens is 308 g/mol. The van der Waals surface area contributed by atoms with E-state index < -0.39 is 0 Å². The van der Waals surface area contributed by atoms with Gasteiger partial charge >= 0.3 is 0 Å².